The Morgan fingerprint density at radius 1 is 0.957 bits per heavy atom. The number of hydrogen-bond donors (Lipinski definition) is 0. The van der Waals surface area contributed by atoms with Crippen molar-refractivity contribution >= 4 is 0 Å². The van der Waals surface area contributed by atoms with Crippen LogP contribution >= 0.6 is 0 Å². The highest BCUT2D eigenvalue weighted by Gasteiger charge is 2.40. The predicted octanol–water partition coefficient (Wildman–Crippen LogP) is 5.93. The highest BCUT2D eigenvalue weighted by molar-refractivity contribution is 5.33. The zero-order chi connectivity index (χ0) is 16.4. The summed E-state index contributed by atoms with van der Waals surface area (Å²) < 4.78 is 11.4. The Labute approximate surface area is 142 Å². The number of ether oxygens (including phenoxy) is 2. The van der Waals surface area contributed by atoms with E-state index in [0.29, 0.717) is 6.61 Å². The second-order valence-electron chi connectivity index (χ2n) is 7.21. The van der Waals surface area contributed by atoms with E-state index in [9.17, 15) is 0 Å². The molecule has 2 nitrogen and oxygen atoms in total. The van der Waals surface area contributed by atoms with Gasteiger partial charge in [0.15, 0.2) is 0 Å². The van der Waals surface area contributed by atoms with Crippen molar-refractivity contribution in [1.29, 1.82) is 0 Å². The number of unbranched alkanes of at least 4 members (excludes halogenated alkanes) is 8. The van der Waals surface area contributed by atoms with Gasteiger partial charge in [0.2, 0.25) is 0 Å². The van der Waals surface area contributed by atoms with E-state index < -0.39 is 0 Å². The van der Waals surface area contributed by atoms with Gasteiger partial charge < -0.3 is 9.47 Å². The fourth-order valence-corrected chi connectivity index (χ4v) is 2.91. The number of para-hydroxylation sites is 1. The fraction of sp³-hybridized carbons (Fsp3) is 0.714. The highest BCUT2D eigenvalue weighted by atomic mass is 16.6. The molecule has 1 fully saturated rings. The first-order valence-electron chi connectivity index (χ1n) is 9.58. The standard InChI is InChI=1S/C21H34O2/c1-3-4-5-6-7-8-9-10-11-14-19-15-12-13-16-20(19)22-17-21(2)18-23-21/h12-13,15-16H,3-11,14,17-18H2,1-2H3. The number of rotatable bonds is 13. The molecule has 0 aliphatic carbocycles. The van der Waals surface area contributed by atoms with Crippen molar-refractivity contribution in [3.8, 4) is 5.75 Å². The monoisotopic (exact) mass is 318 g/mol. The molecule has 130 valence electrons. The maximum Gasteiger partial charge on any atom is 0.123 e. The van der Waals surface area contributed by atoms with Gasteiger partial charge in [0.05, 0.1) is 6.61 Å². The first-order chi connectivity index (χ1) is 11.2. The largest absolute Gasteiger partial charge is 0.490 e. The second-order valence-corrected chi connectivity index (χ2v) is 7.21. The third-order valence-electron chi connectivity index (χ3n) is 4.69. The molecular weight excluding hydrogens is 284 g/mol. The topological polar surface area (TPSA) is 21.8 Å². The normalized spacial score (nSPS) is 19.7. The zero-order valence-electron chi connectivity index (χ0n) is 15.1. The molecule has 2 rings (SSSR count). The van der Waals surface area contributed by atoms with E-state index in [4.69, 9.17) is 9.47 Å². The van der Waals surface area contributed by atoms with E-state index in [0.717, 1.165) is 18.8 Å². The summed E-state index contributed by atoms with van der Waals surface area (Å²) in [6.07, 6.45) is 13.5. The molecular formula is C21H34O2. The molecule has 1 unspecified atom stereocenters. The lowest BCUT2D eigenvalue weighted by Crippen LogP contribution is -2.17. The third-order valence-corrected chi connectivity index (χ3v) is 4.69. The molecule has 0 aromatic heterocycles. The minimum absolute atomic E-state index is 0.0368. The first kappa shape index (κ1) is 18.3. The average molecular weight is 319 g/mol. The molecule has 1 aliphatic rings. The smallest absolute Gasteiger partial charge is 0.123 e. The minimum atomic E-state index is -0.0368. The number of epoxide rings is 1. The van der Waals surface area contributed by atoms with Crippen LogP contribution in [-0.2, 0) is 11.2 Å². The Kier molecular flexibility index (Phi) is 7.94. The van der Waals surface area contributed by atoms with Gasteiger partial charge >= 0.3 is 0 Å². The lowest BCUT2D eigenvalue weighted by Gasteiger charge is -2.13. The molecule has 0 saturated carbocycles. The van der Waals surface area contributed by atoms with Gasteiger partial charge in [-0.05, 0) is 31.4 Å². The van der Waals surface area contributed by atoms with Crippen LogP contribution in [0.5, 0.6) is 5.75 Å². The van der Waals surface area contributed by atoms with E-state index in [1.54, 1.807) is 0 Å². The fourth-order valence-electron chi connectivity index (χ4n) is 2.91. The van der Waals surface area contributed by atoms with Gasteiger partial charge in [0.1, 0.15) is 18.0 Å². The maximum atomic E-state index is 5.97. The van der Waals surface area contributed by atoms with Crippen molar-refractivity contribution < 1.29 is 9.47 Å². The summed E-state index contributed by atoms with van der Waals surface area (Å²) in [5, 5.41) is 0. The van der Waals surface area contributed by atoms with E-state index in [1.165, 1.54) is 63.4 Å². The van der Waals surface area contributed by atoms with Crippen LogP contribution < -0.4 is 4.74 Å². The molecule has 1 heterocycles. The van der Waals surface area contributed by atoms with Crippen molar-refractivity contribution in [2.45, 2.75) is 83.7 Å². The SMILES string of the molecule is CCCCCCCCCCCc1ccccc1OCC1(C)CO1. The van der Waals surface area contributed by atoms with Crippen LogP contribution in [0, 0.1) is 0 Å². The summed E-state index contributed by atoms with van der Waals surface area (Å²) in [6.45, 7) is 5.88. The van der Waals surface area contributed by atoms with Crippen molar-refractivity contribution in [2.75, 3.05) is 13.2 Å². The number of benzene rings is 1. The van der Waals surface area contributed by atoms with E-state index in [-0.39, 0.29) is 5.60 Å². The molecule has 1 aliphatic heterocycles. The molecule has 1 atom stereocenters. The molecule has 1 saturated heterocycles. The minimum Gasteiger partial charge on any atom is -0.490 e. The highest BCUT2D eigenvalue weighted by Crippen LogP contribution is 2.28. The van der Waals surface area contributed by atoms with Crippen LogP contribution in [0.25, 0.3) is 0 Å². The van der Waals surface area contributed by atoms with Crippen LogP contribution in [-0.4, -0.2) is 18.8 Å². The summed E-state index contributed by atoms with van der Waals surface area (Å²) in [7, 11) is 0. The molecule has 0 N–H and O–H groups in total. The van der Waals surface area contributed by atoms with E-state index >= 15 is 0 Å². The Morgan fingerprint density at radius 2 is 1.57 bits per heavy atom. The third kappa shape index (κ3) is 7.39. The van der Waals surface area contributed by atoms with E-state index in [2.05, 4.69) is 38.1 Å². The molecule has 0 bridgehead atoms. The maximum absolute atomic E-state index is 5.97. The summed E-state index contributed by atoms with van der Waals surface area (Å²) in [6, 6.07) is 8.47. The second kappa shape index (κ2) is 9.97. The molecule has 2 heteroatoms. The van der Waals surface area contributed by atoms with Crippen molar-refractivity contribution in [3.05, 3.63) is 29.8 Å². The van der Waals surface area contributed by atoms with Crippen molar-refractivity contribution in [3.63, 3.8) is 0 Å². The molecule has 0 spiro atoms. The molecule has 0 amide bonds. The molecule has 0 radical (unpaired) electrons. The lowest BCUT2D eigenvalue weighted by atomic mass is 10.0. The molecule has 23 heavy (non-hydrogen) atoms. The van der Waals surface area contributed by atoms with Gasteiger partial charge in [-0.25, -0.2) is 0 Å². The number of hydrogen-bond acceptors (Lipinski definition) is 2. The van der Waals surface area contributed by atoms with Crippen molar-refractivity contribution in [2.24, 2.45) is 0 Å². The van der Waals surface area contributed by atoms with Gasteiger partial charge in [0.25, 0.3) is 0 Å². The van der Waals surface area contributed by atoms with Crippen LogP contribution in [0.15, 0.2) is 24.3 Å². The Hall–Kier alpha value is -1.02. The first-order valence-corrected chi connectivity index (χ1v) is 9.58. The summed E-state index contributed by atoms with van der Waals surface area (Å²) in [4.78, 5) is 0. The zero-order valence-corrected chi connectivity index (χ0v) is 15.1. The van der Waals surface area contributed by atoms with Gasteiger partial charge in [-0.2, -0.15) is 0 Å². The van der Waals surface area contributed by atoms with Gasteiger partial charge in [-0.15, -0.1) is 0 Å². The molecule has 1 aromatic carbocycles. The van der Waals surface area contributed by atoms with Gasteiger partial charge in [-0.1, -0.05) is 76.5 Å². The predicted molar refractivity (Wildman–Crippen MR) is 97.2 cm³/mol. The van der Waals surface area contributed by atoms with Crippen molar-refractivity contribution in [1.82, 2.24) is 0 Å². The van der Waals surface area contributed by atoms with Crippen LogP contribution in [0.2, 0.25) is 0 Å². The Morgan fingerprint density at radius 3 is 2.22 bits per heavy atom. The average Bonchev–Trinajstić information content (AvgIpc) is 3.30. The summed E-state index contributed by atoms with van der Waals surface area (Å²) >= 11 is 0. The van der Waals surface area contributed by atoms with Gasteiger partial charge in [-0.3, -0.25) is 0 Å². The van der Waals surface area contributed by atoms with Gasteiger partial charge in [0, 0.05) is 0 Å². The van der Waals surface area contributed by atoms with E-state index in [1.807, 2.05) is 0 Å². The summed E-state index contributed by atoms with van der Waals surface area (Å²) in [5.41, 5.74) is 1.31. The Bertz CT molecular complexity index is 437. The molecule has 1 aromatic rings. The lowest BCUT2D eigenvalue weighted by molar-refractivity contribution is 0.201. The number of aryl methyl sites for hydroxylation is 1. The van der Waals surface area contributed by atoms with Crippen LogP contribution in [0.3, 0.4) is 0 Å². The Balaban J connectivity index is 1.58. The van der Waals surface area contributed by atoms with Crippen LogP contribution in [0.1, 0.15) is 77.2 Å². The summed E-state index contributed by atoms with van der Waals surface area (Å²) in [5.74, 6) is 1.05. The quantitative estimate of drug-likeness (QED) is 0.332. The van der Waals surface area contributed by atoms with Crippen LogP contribution in [0.4, 0.5) is 0 Å².